The van der Waals surface area contributed by atoms with Crippen LogP contribution < -0.4 is 9.47 Å². The lowest BCUT2D eigenvalue weighted by molar-refractivity contribution is 0.0702. The maximum atomic E-state index is 13.3. The lowest BCUT2D eigenvalue weighted by atomic mass is 9.91. The van der Waals surface area contributed by atoms with Gasteiger partial charge in [0.25, 0.3) is 5.91 Å². The van der Waals surface area contributed by atoms with Gasteiger partial charge < -0.3 is 14.4 Å². The van der Waals surface area contributed by atoms with Gasteiger partial charge in [0, 0.05) is 36.5 Å². The first-order valence-corrected chi connectivity index (χ1v) is 10.6. The number of carbonyl (C=O) groups is 1. The molecule has 31 heavy (non-hydrogen) atoms. The molecule has 2 aromatic carbocycles. The summed E-state index contributed by atoms with van der Waals surface area (Å²) < 4.78 is 10.7. The zero-order valence-corrected chi connectivity index (χ0v) is 18.3. The van der Waals surface area contributed by atoms with Crippen LogP contribution in [0.15, 0.2) is 60.7 Å². The third kappa shape index (κ3) is 4.55. The summed E-state index contributed by atoms with van der Waals surface area (Å²) in [6.07, 6.45) is 1.97. The van der Waals surface area contributed by atoms with Crippen molar-refractivity contribution in [2.45, 2.75) is 25.7 Å². The highest BCUT2D eigenvalue weighted by Crippen LogP contribution is 2.32. The summed E-state index contributed by atoms with van der Waals surface area (Å²) in [5.74, 6) is 1.40. The van der Waals surface area contributed by atoms with Crippen LogP contribution in [-0.2, 0) is 0 Å². The van der Waals surface area contributed by atoms with E-state index in [0.29, 0.717) is 23.6 Å². The fourth-order valence-corrected chi connectivity index (χ4v) is 4.25. The smallest absolute Gasteiger partial charge is 0.257 e. The molecule has 1 fully saturated rings. The van der Waals surface area contributed by atoms with E-state index in [4.69, 9.17) is 14.5 Å². The molecule has 1 atom stereocenters. The van der Waals surface area contributed by atoms with E-state index in [2.05, 4.69) is 24.3 Å². The van der Waals surface area contributed by atoms with Gasteiger partial charge in [0.1, 0.15) is 11.5 Å². The highest BCUT2D eigenvalue weighted by Gasteiger charge is 2.28. The van der Waals surface area contributed by atoms with E-state index >= 15 is 0 Å². The number of nitrogens with zero attached hydrogens (tertiary/aromatic N) is 2. The fourth-order valence-electron chi connectivity index (χ4n) is 4.25. The number of carbonyl (C=O) groups excluding carboxylic acids is 1. The molecule has 1 saturated heterocycles. The summed E-state index contributed by atoms with van der Waals surface area (Å²) in [5.41, 5.74) is 4.96. The van der Waals surface area contributed by atoms with Crippen LogP contribution in [0.1, 0.15) is 40.5 Å². The largest absolute Gasteiger partial charge is 0.497 e. The highest BCUT2D eigenvalue weighted by atomic mass is 16.5. The van der Waals surface area contributed by atoms with Gasteiger partial charge >= 0.3 is 0 Å². The predicted molar refractivity (Wildman–Crippen MR) is 122 cm³/mol. The Morgan fingerprint density at radius 1 is 1.00 bits per heavy atom. The molecule has 0 radical (unpaired) electrons. The van der Waals surface area contributed by atoms with Crippen LogP contribution in [0.3, 0.4) is 0 Å². The molecular formula is C26H28N2O3. The van der Waals surface area contributed by atoms with Gasteiger partial charge in [0.05, 0.1) is 19.8 Å². The first kappa shape index (κ1) is 20.9. The Hall–Kier alpha value is -3.34. The molecule has 5 heteroatoms. The Morgan fingerprint density at radius 2 is 1.81 bits per heavy atom. The Kier molecular flexibility index (Phi) is 6.21. The molecule has 0 unspecified atom stereocenters. The average Bonchev–Trinajstić information content (AvgIpc) is 2.83. The van der Waals surface area contributed by atoms with Crippen molar-refractivity contribution >= 4 is 5.91 Å². The maximum Gasteiger partial charge on any atom is 0.257 e. The van der Waals surface area contributed by atoms with E-state index in [1.54, 1.807) is 32.4 Å². The summed E-state index contributed by atoms with van der Waals surface area (Å²) in [6, 6.07) is 20.0. The van der Waals surface area contributed by atoms with Gasteiger partial charge in [-0.1, -0.05) is 30.3 Å². The molecule has 2 heterocycles. The first-order chi connectivity index (χ1) is 15.1. The SMILES string of the molecule is COc1ccc(C(=O)N2CCC[C@H](c3cc(-c4ccccc4)cc(C)n3)C2)c(OC)c1. The molecular weight excluding hydrogens is 388 g/mol. The van der Waals surface area contributed by atoms with Crippen LogP contribution in [0.4, 0.5) is 0 Å². The number of methoxy groups -OCH3 is 2. The van der Waals surface area contributed by atoms with Crippen molar-refractivity contribution in [3.8, 4) is 22.6 Å². The normalized spacial score (nSPS) is 16.1. The Morgan fingerprint density at radius 3 is 2.55 bits per heavy atom. The van der Waals surface area contributed by atoms with Crippen molar-refractivity contribution in [1.82, 2.24) is 9.88 Å². The number of likely N-dealkylation sites (tertiary alicyclic amines) is 1. The molecule has 1 aliphatic heterocycles. The van der Waals surface area contributed by atoms with Crippen molar-refractivity contribution in [2.24, 2.45) is 0 Å². The number of hydrogen-bond acceptors (Lipinski definition) is 4. The molecule has 1 aliphatic rings. The maximum absolute atomic E-state index is 13.3. The molecule has 1 amide bonds. The van der Waals surface area contributed by atoms with Crippen LogP contribution in [0.5, 0.6) is 11.5 Å². The van der Waals surface area contributed by atoms with E-state index in [9.17, 15) is 4.79 Å². The van der Waals surface area contributed by atoms with Gasteiger partial charge in [-0.3, -0.25) is 9.78 Å². The number of aromatic nitrogens is 1. The summed E-state index contributed by atoms with van der Waals surface area (Å²) in [7, 11) is 3.18. The number of ether oxygens (including phenoxy) is 2. The van der Waals surface area contributed by atoms with E-state index in [-0.39, 0.29) is 11.8 Å². The topological polar surface area (TPSA) is 51.7 Å². The number of rotatable bonds is 5. The number of benzene rings is 2. The van der Waals surface area contributed by atoms with Gasteiger partial charge in [-0.05, 0) is 55.2 Å². The Bertz CT molecular complexity index is 1070. The lowest BCUT2D eigenvalue weighted by Gasteiger charge is -2.33. The summed E-state index contributed by atoms with van der Waals surface area (Å²) in [5, 5.41) is 0. The summed E-state index contributed by atoms with van der Waals surface area (Å²) in [6.45, 7) is 3.42. The van der Waals surface area contributed by atoms with Crippen LogP contribution in [0, 0.1) is 6.92 Å². The Balaban J connectivity index is 1.58. The average molecular weight is 417 g/mol. The number of pyridine rings is 1. The molecule has 0 aliphatic carbocycles. The predicted octanol–water partition coefficient (Wildman–Crippen LogP) is 5.09. The van der Waals surface area contributed by atoms with Crippen molar-refractivity contribution in [3.05, 3.63) is 77.6 Å². The standard InChI is InChI=1S/C26H28N2O3/c1-18-14-21(19-8-5-4-6-9-19)15-24(27-18)20-10-7-13-28(17-20)26(29)23-12-11-22(30-2)16-25(23)31-3/h4-6,8-9,11-12,14-16,20H,7,10,13,17H2,1-3H3/t20-/m0/s1. The summed E-state index contributed by atoms with van der Waals surface area (Å²) in [4.78, 5) is 20.0. The molecule has 4 rings (SSSR count). The minimum Gasteiger partial charge on any atom is -0.497 e. The quantitative estimate of drug-likeness (QED) is 0.581. The van der Waals surface area contributed by atoms with Gasteiger partial charge in [-0.25, -0.2) is 0 Å². The molecule has 5 nitrogen and oxygen atoms in total. The zero-order chi connectivity index (χ0) is 21.8. The molecule has 160 valence electrons. The van der Waals surface area contributed by atoms with Crippen molar-refractivity contribution in [3.63, 3.8) is 0 Å². The van der Waals surface area contributed by atoms with E-state index in [1.807, 2.05) is 30.0 Å². The molecule has 0 spiro atoms. The van der Waals surface area contributed by atoms with Crippen molar-refractivity contribution in [1.29, 1.82) is 0 Å². The number of amides is 1. The van der Waals surface area contributed by atoms with Gasteiger partial charge in [0.15, 0.2) is 0 Å². The molecule has 0 N–H and O–H groups in total. The van der Waals surface area contributed by atoms with Crippen LogP contribution >= 0.6 is 0 Å². The third-order valence-electron chi connectivity index (χ3n) is 5.85. The monoisotopic (exact) mass is 416 g/mol. The highest BCUT2D eigenvalue weighted by molar-refractivity contribution is 5.97. The number of hydrogen-bond donors (Lipinski definition) is 0. The second-order valence-corrected chi connectivity index (χ2v) is 7.94. The molecule has 0 bridgehead atoms. The number of aryl methyl sites for hydroxylation is 1. The molecule has 3 aromatic rings. The molecule has 0 saturated carbocycles. The first-order valence-electron chi connectivity index (χ1n) is 10.6. The van der Waals surface area contributed by atoms with E-state index in [1.165, 1.54) is 11.1 Å². The van der Waals surface area contributed by atoms with Crippen molar-refractivity contribution < 1.29 is 14.3 Å². The minimum atomic E-state index is -0.0138. The van der Waals surface area contributed by atoms with Gasteiger partial charge in [-0.15, -0.1) is 0 Å². The number of piperidine rings is 1. The van der Waals surface area contributed by atoms with Crippen LogP contribution in [0.25, 0.3) is 11.1 Å². The fraction of sp³-hybridized carbons (Fsp3) is 0.308. The second-order valence-electron chi connectivity index (χ2n) is 7.94. The van der Waals surface area contributed by atoms with E-state index in [0.717, 1.165) is 30.8 Å². The summed E-state index contributed by atoms with van der Waals surface area (Å²) >= 11 is 0. The minimum absolute atomic E-state index is 0.0138. The van der Waals surface area contributed by atoms with E-state index < -0.39 is 0 Å². The van der Waals surface area contributed by atoms with Gasteiger partial charge in [-0.2, -0.15) is 0 Å². The van der Waals surface area contributed by atoms with Gasteiger partial charge in [0.2, 0.25) is 0 Å². The lowest BCUT2D eigenvalue weighted by Crippen LogP contribution is -2.39. The Labute approximate surface area is 183 Å². The molecule has 1 aromatic heterocycles. The second kappa shape index (κ2) is 9.21. The van der Waals surface area contributed by atoms with Crippen LogP contribution in [0.2, 0.25) is 0 Å². The zero-order valence-electron chi connectivity index (χ0n) is 18.3. The third-order valence-corrected chi connectivity index (χ3v) is 5.85. The van der Waals surface area contributed by atoms with Crippen molar-refractivity contribution in [2.75, 3.05) is 27.3 Å². The van der Waals surface area contributed by atoms with Crippen LogP contribution in [-0.4, -0.2) is 43.1 Å².